The van der Waals surface area contributed by atoms with Crippen LogP contribution in [0.1, 0.15) is 26.3 Å². The molecule has 0 aliphatic heterocycles. The van der Waals surface area contributed by atoms with Crippen molar-refractivity contribution in [2.45, 2.75) is 26.3 Å². The van der Waals surface area contributed by atoms with Crippen LogP contribution in [0.15, 0.2) is 30.6 Å². The smallest absolute Gasteiger partial charge is 0.242 e. The van der Waals surface area contributed by atoms with Gasteiger partial charge in [0.25, 0.3) is 0 Å². The van der Waals surface area contributed by atoms with E-state index in [1.807, 2.05) is 42.7 Å². The van der Waals surface area contributed by atoms with E-state index >= 15 is 0 Å². The van der Waals surface area contributed by atoms with Crippen LogP contribution in [-0.4, -0.2) is 33.7 Å². The largest absolute Gasteiger partial charge is 0.396 e. The highest BCUT2D eigenvalue weighted by Gasteiger charge is 2.17. The van der Waals surface area contributed by atoms with Gasteiger partial charge in [-0.2, -0.15) is 0 Å². The molecule has 0 aliphatic carbocycles. The van der Waals surface area contributed by atoms with Crippen molar-refractivity contribution >= 4 is 16.9 Å². The zero-order valence-electron chi connectivity index (χ0n) is 11.9. The lowest BCUT2D eigenvalue weighted by Gasteiger charge is -2.16. The molecule has 0 fully saturated rings. The molecule has 1 heterocycles. The van der Waals surface area contributed by atoms with Crippen LogP contribution < -0.4 is 5.32 Å². The third kappa shape index (κ3) is 3.17. The second-order valence-corrected chi connectivity index (χ2v) is 5.18. The zero-order chi connectivity index (χ0) is 14.5. The lowest BCUT2D eigenvalue weighted by atomic mass is 10.1. The van der Waals surface area contributed by atoms with Crippen LogP contribution >= 0.6 is 0 Å². The molecule has 0 saturated carbocycles. The zero-order valence-corrected chi connectivity index (χ0v) is 11.9. The van der Waals surface area contributed by atoms with Crippen molar-refractivity contribution in [3.63, 3.8) is 0 Å². The Hall–Kier alpha value is -1.88. The quantitative estimate of drug-likeness (QED) is 0.843. The minimum atomic E-state index is -0.302. The molecule has 1 aromatic heterocycles. The van der Waals surface area contributed by atoms with Crippen molar-refractivity contribution in [1.29, 1.82) is 0 Å². The fourth-order valence-corrected chi connectivity index (χ4v) is 2.16. The molecule has 0 spiro atoms. The van der Waals surface area contributed by atoms with E-state index in [1.165, 1.54) is 0 Å². The summed E-state index contributed by atoms with van der Waals surface area (Å²) in [5.41, 5.74) is 1.85. The van der Waals surface area contributed by atoms with Crippen LogP contribution in [0.4, 0.5) is 0 Å². The molecule has 2 aromatic rings. The Morgan fingerprint density at radius 1 is 1.40 bits per heavy atom. The summed E-state index contributed by atoms with van der Waals surface area (Å²) in [7, 11) is 0. The van der Waals surface area contributed by atoms with E-state index in [-0.39, 0.29) is 24.5 Å². The van der Waals surface area contributed by atoms with Crippen molar-refractivity contribution in [3.8, 4) is 0 Å². The Balaban J connectivity index is 2.03. The summed E-state index contributed by atoms with van der Waals surface area (Å²) in [4.78, 5) is 16.5. The van der Waals surface area contributed by atoms with E-state index in [9.17, 15) is 4.79 Å². The Kier molecular flexibility index (Phi) is 4.74. The lowest BCUT2D eigenvalue weighted by molar-refractivity contribution is -0.124. The number of hydrogen-bond acceptors (Lipinski definition) is 3. The van der Waals surface area contributed by atoms with Crippen LogP contribution in [0.25, 0.3) is 11.0 Å². The van der Waals surface area contributed by atoms with Crippen LogP contribution in [-0.2, 0) is 4.79 Å². The Morgan fingerprint density at radius 3 is 2.90 bits per heavy atom. The fraction of sp³-hybridized carbons (Fsp3) is 0.467. The van der Waals surface area contributed by atoms with E-state index in [0.717, 1.165) is 11.0 Å². The number of carbonyl (C=O) groups is 1. The molecule has 5 heteroatoms. The topological polar surface area (TPSA) is 67.2 Å². The number of aromatic nitrogens is 2. The number of hydrogen-bond donors (Lipinski definition) is 2. The number of fused-ring (bicyclic) bond motifs is 1. The van der Waals surface area contributed by atoms with Crippen LogP contribution in [0.3, 0.4) is 0 Å². The molecule has 1 amide bonds. The van der Waals surface area contributed by atoms with Gasteiger partial charge in [0, 0.05) is 13.2 Å². The number of amides is 1. The van der Waals surface area contributed by atoms with Gasteiger partial charge in [0.05, 0.1) is 17.4 Å². The van der Waals surface area contributed by atoms with E-state index in [2.05, 4.69) is 10.3 Å². The van der Waals surface area contributed by atoms with Crippen LogP contribution in [0.5, 0.6) is 0 Å². The average molecular weight is 275 g/mol. The van der Waals surface area contributed by atoms with Gasteiger partial charge < -0.3 is 15.0 Å². The van der Waals surface area contributed by atoms with Crippen LogP contribution in [0.2, 0.25) is 0 Å². The summed E-state index contributed by atoms with van der Waals surface area (Å²) in [5, 5.41) is 11.8. The van der Waals surface area contributed by atoms with E-state index in [0.29, 0.717) is 13.0 Å². The maximum atomic E-state index is 12.2. The molecule has 20 heavy (non-hydrogen) atoms. The molecule has 2 N–H and O–H groups in total. The predicted octanol–water partition coefficient (Wildman–Crippen LogP) is 1.73. The van der Waals surface area contributed by atoms with Crippen molar-refractivity contribution < 1.29 is 9.90 Å². The van der Waals surface area contributed by atoms with E-state index in [4.69, 9.17) is 5.11 Å². The highest BCUT2D eigenvalue weighted by molar-refractivity contribution is 5.83. The van der Waals surface area contributed by atoms with Gasteiger partial charge in [0.1, 0.15) is 6.04 Å². The normalized spacial score (nSPS) is 14.2. The van der Waals surface area contributed by atoms with Gasteiger partial charge in [-0.25, -0.2) is 4.98 Å². The molecule has 2 unspecified atom stereocenters. The second-order valence-electron chi connectivity index (χ2n) is 5.18. The number of rotatable bonds is 6. The Morgan fingerprint density at radius 2 is 2.15 bits per heavy atom. The van der Waals surface area contributed by atoms with E-state index < -0.39 is 0 Å². The first-order valence-corrected chi connectivity index (χ1v) is 6.93. The van der Waals surface area contributed by atoms with Gasteiger partial charge in [0.2, 0.25) is 5.91 Å². The number of aliphatic hydroxyl groups excluding tert-OH is 1. The van der Waals surface area contributed by atoms with Crippen molar-refractivity contribution in [3.05, 3.63) is 30.6 Å². The van der Waals surface area contributed by atoms with Gasteiger partial charge in [-0.05, 0) is 31.4 Å². The number of aliphatic hydroxyl groups is 1. The Bertz CT molecular complexity index is 579. The van der Waals surface area contributed by atoms with Crippen molar-refractivity contribution in [1.82, 2.24) is 14.9 Å². The molecule has 0 radical (unpaired) electrons. The highest BCUT2D eigenvalue weighted by atomic mass is 16.3. The molecular weight excluding hydrogens is 254 g/mol. The molecule has 1 aromatic carbocycles. The standard InChI is InChI=1S/C15H21N3O2/c1-11(7-8-19)9-16-15(20)12(2)18-10-17-13-5-3-4-6-14(13)18/h3-6,10-12,19H,7-9H2,1-2H3,(H,16,20). The van der Waals surface area contributed by atoms with Crippen molar-refractivity contribution in [2.24, 2.45) is 5.92 Å². The SMILES string of the molecule is CC(CCO)CNC(=O)C(C)n1cnc2ccccc21. The molecule has 0 aliphatic rings. The maximum absolute atomic E-state index is 12.2. The Labute approximate surface area is 118 Å². The third-order valence-electron chi connectivity index (χ3n) is 3.52. The minimum Gasteiger partial charge on any atom is -0.396 e. The first-order valence-electron chi connectivity index (χ1n) is 6.93. The fourth-order valence-electron chi connectivity index (χ4n) is 2.16. The molecule has 0 saturated heterocycles. The van der Waals surface area contributed by atoms with Crippen LogP contribution in [0, 0.1) is 5.92 Å². The summed E-state index contributed by atoms with van der Waals surface area (Å²) in [5.74, 6) is 0.244. The molecule has 2 rings (SSSR count). The molecule has 2 atom stereocenters. The summed E-state index contributed by atoms with van der Waals surface area (Å²) < 4.78 is 1.88. The van der Waals surface area contributed by atoms with Gasteiger partial charge >= 0.3 is 0 Å². The molecule has 108 valence electrons. The lowest BCUT2D eigenvalue weighted by Crippen LogP contribution is -2.34. The molecular formula is C15H21N3O2. The second kappa shape index (κ2) is 6.52. The van der Waals surface area contributed by atoms with Gasteiger partial charge in [-0.3, -0.25) is 4.79 Å². The highest BCUT2D eigenvalue weighted by Crippen LogP contribution is 2.17. The maximum Gasteiger partial charge on any atom is 0.242 e. The van der Waals surface area contributed by atoms with E-state index in [1.54, 1.807) is 6.33 Å². The first-order chi connectivity index (χ1) is 9.63. The molecule has 0 bridgehead atoms. The third-order valence-corrected chi connectivity index (χ3v) is 3.52. The summed E-state index contributed by atoms with van der Waals surface area (Å²) >= 11 is 0. The number of benzene rings is 1. The number of nitrogens with one attached hydrogen (secondary N) is 1. The minimum absolute atomic E-state index is 0.0297. The monoisotopic (exact) mass is 275 g/mol. The summed E-state index contributed by atoms with van der Waals surface area (Å²) in [6.45, 7) is 4.60. The number of carbonyl (C=O) groups excluding carboxylic acids is 1. The number of para-hydroxylation sites is 2. The van der Waals surface area contributed by atoms with Gasteiger partial charge in [-0.15, -0.1) is 0 Å². The average Bonchev–Trinajstić information content (AvgIpc) is 2.88. The predicted molar refractivity (Wildman–Crippen MR) is 78.3 cm³/mol. The first kappa shape index (κ1) is 14.5. The number of imidazole rings is 1. The van der Waals surface area contributed by atoms with Gasteiger partial charge in [0.15, 0.2) is 0 Å². The summed E-state index contributed by atoms with van der Waals surface area (Å²) in [6, 6.07) is 7.46. The molecule has 5 nitrogen and oxygen atoms in total. The summed E-state index contributed by atoms with van der Waals surface area (Å²) in [6.07, 6.45) is 2.40. The van der Waals surface area contributed by atoms with Crippen molar-refractivity contribution in [2.75, 3.05) is 13.2 Å². The number of nitrogens with zero attached hydrogens (tertiary/aromatic N) is 2. The van der Waals surface area contributed by atoms with Gasteiger partial charge in [-0.1, -0.05) is 19.1 Å².